The van der Waals surface area contributed by atoms with Gasteiger partial charge < -0.3 is 5.32 Å². The maximum absolute atomic E-state index is 3.46. The Kier molecular flexibility index (Phi) is 5.22. The number of nitrogens with zero attached hydrogens (tertiary/aromatic N) is 1. The van der Waals surface area contributed by atoms with Crippen LogP contribution in [0.25, 0.3) is 0 Å². The standard InChI is InChI=1S/C15H26N2S/c1-12(2)17(10-14-4-7-16-8-5-14)13(3)15-6-9-18-11-15/h6,9,11-14,16H,4-5,7-8,10H2,1-3H3. The fraction of sp³-hybridized carbons (Fsp3) is 0.733. The van der Waals surface area contributed by atoms with Gasteiger partial charge >= 0.3 is 0 Å². The van der Waals surface area contributed by atoms with Crippen LogP contribution < -0.4 is 5.32 Å². The molecule has 1 unspecified atom stereocenters. The molecular weight excluding hydrogens is 240 g/mol. The summed E-state index contributed by atoms with van der Waals surface area (Å²) in [5.41, 5.74) is 1.47. The third kappa shape index (κ3) is 3.56. The minimum Gasteiger partial charge on any atom is -0.317 e. The Morgan fingerprint density at radius 3 is 2.61 bits per heavy atom. The molecule has 1 atom stereocenters. The number of hydrogen-bond acceptors (Lipinski definition) is 3. The smallest absolute Gasteiger partial charge is 0.0330 e. The Labute approximate surface area is 115 Å². The van der Waals surface area contributed by atoms with Crippen molar-refractivity contribution >= 4 is 11.3 Å². The summed E-state index contributed by atoms with van der Waals surface area (Å²) in [6.07, 6.45) is 2.67. The van der Waals surface area contributed by atoms with E-state index < -0.39 is 0 Å². The maximum Gasteiger partial charge on any atom is 0.0330 e. The van der Waals surface area contributed by atoms with E-state index in [2.05, 4.69) is 47.8 Å². The van der Waals surface area contributed by atoms with E-state index in [1.54, 1.807) is 11.3 Å². The Hall–Kier alpha value is -0.380. The zero-order chi connectivity index (χ0) is 13.0. The van der Waals surface area contributed by atoms with Crippen molar-refractivity contribution in [3.63, 3.8) is 0 Å². The van der Waals surface area contributed by atoms with Crippen LogP contribution in [0.15, 0.2) is 16.8 Å². The molecule has 1 aromatic rings. The number of piperidine rings is 1. The lowest BCUT2D eigenvalue weighted by atomic mass is 9.95. The first-order chi connectivity index (χ1) is 8.68. The lowest BCUT2D eigenvalue weighted by molar-refractivity contribution is 0.125. The van der Waals surface area contributed by atoms with Crippen LogP contribution >= 0.6 is 11.3 Å². The van der Waals surface area contributed by atoms with Crippen molar-refractivity contribution in [1.29, 1.82) is 0 Å². The number of thiophene rings is 1. The Morgan fingerprint density at radius 2 is 2.06 bits per heavy atom. The second-order valence-electron chi connectivity index (χ2n) is 5.72. The van der Waals surface area contributed by atoms with E-state index in [1.165, 1.54) is 38.0 Å². The van der Waals surface area contributed by atoms with E-state index in [0.717, 1.165) is 5.92 Å². The molecular formula is C15H26N2S. The molecule has 2 heterocycles. The molecule has 0 radical (unpaired) electrons. The highest BCUT2D eigenvalue weighted by atomic mass is 32.1. The third-order valence-electron chi connectivity index (χ3n) is 4.11. The highest BCUT2D eigenvalue weighted by Crippen LogP contribution is 2.27. The summed E-state index contributed by atoms with van der Waals surface area (Å²) in [4.78, 5) is 2.66. The summed E-state index contributed by atoms with van der Waals surface area (Å²) in [5.74, 6) is 0.870. The molecule has 0 amide bonds. The predicted molar refractivity (Wildman–Crippen MR) is 80.2 cm³/mol. The van der Waals surface area contributed by atoms with Crippen molar-refractivity contribution in [2.75, 3.05) is 19.6 Å². The van der Waals surface area contributed by atoms with Gasteiger partial charge in [-0.05, 0) is 75.0 Å². The van der Waals surface area contributed by atoms with Crippen molar-refractivity contribution in [1.82, 2.24) is 10.2 Å². The second kappa shape index (κ2) is 6.69. The van der Waals surface area contributed by atoms with Gasteiger partial charge in [0.15, 0.2) is 0 Å². The first-order valence-corrected chi connectivity index (χ1v) is 8.11. The van der Waals surface area contributed by atoms with Gasteiger partial charge in [-0.3, -0.25) is 4.90 Å². The van der Waals surface area contributed by atoms with Gasteiger partial charge in [-0.2, -0.15) is 11.3 Å². The minimum absolute atomic E-state index is 0.547. The van der Waals surface area contributed by atoms with Crippen molar-refractivity contribution in [3.05, 3.63) is 22.4 Å². The molecule has 102 valence electrons. The van der Waals surface area contributed by atoms with Crippen molar-refractivity contribution in [2.45, 2.75) is 45.7 Å². The Balaban J connectivity index is 1.98. The molecule has 3 heteroatoms. The molecule has 0 bridgehead atoms. The van der Waals surface area contributed by atoms with Crippen molar-refractivity contribution < 1.29 is 0 Å². The van der Waals surface area contributed by atoms with Gasteiger partial charge in [0.1, 0.15) is 0 Å². The zero-order valence-electron chi connectivity index (χ0n) is 11.9. The van der Waals surface area contributed by atoms with Gasteiger partial charge in [-0.1, -0.05) is 0 Å². The fourth-order valence-electron chi connectivity index (χ4n) is 2.88. The molecule has 1 aliphatic rings. The van der Waals surface area contributed by atoms with Crippen LogP contribution in [-0.4, -0.2) is 30.6 Å². The number of hydrogen-bond donors (Lipinski definition) is 1. The first-order valence-electron chi connectivity index (χ1n) is 7.17. The second-order valence-corrected chi connectivity index (χ2v) is 6.50. The van der Waals surface area contributed by atoms with Crippen LogP contribution in [0, 0.1) is 5.92 Å². The third-order valence-corrected chi connectivity index (χ3v) is 4.82. The molecule has 18 heavy (non-hydrogen) atoms. The summed E-state index contributed by atoms with van der Waals surface area (Å²) in [7, 11) is 0. The van der Waals surface area contributed by atoms with Crippen molar-refractivity contribution in [3.8, 4) is 0 Å². The van der Waals surface area contributed by atoms with Gasteiger partial charge in [0.25, 0.3) is 0 Å². The van der Waals surface area contributed by atoms with E-state index in [4.69, 9.17) is 0 Å². The monoisotopic (exact) mass is 266 g/mol. The summed E-state index contributed by atoms with van der Waals surface area (Å²) < 4.78 is 0. The molecule has 0 saturated carbocycles. The SMILES string of the molecule is CC(C)N(CC1CCNCC1)C(C)c1ccsc1. The lowest BCUT2D eigenvalue weighted by Crippen LogP contribution is -2.40. The quantitative estimate of drug-likeness (QED) is 0.877. The van der Waals surface area contributed by atoms with Crippen LogP contribution in [0.2, 0.25) is 0 Å². The van der Waals surface area contributed by atoms with Gasteiger partial charge in [0.2, 0.25) is 0 Å². The zero-order valence-corrected chi connectivity index (χ0v) is 12.7. The fourth-order valence-corrected chi connectivity index (χ4v) is 3.63. The highest BCUT2D eigenvalue weighted by molar-refractivity contribution is 7.07. The molecule has 2 nitrogen and oxygen atoms in total. The van der Waals surface area contributed by atoms with E-state index in [0.29, 0.717) is 12.1 Å². The first kappa shape index (κ1) is 14.0. The molecule has 1 aromatic heterocycles. The summed E-state index contributed by atoms with van der Waals surface area (Å²) >= 11 is 1.81. The average Bonchev–Trinajstić information content (AvgIpc) is 2.90. The minimum atomic E-state index is 0.547. The van der Waals surface area contributed by atoms with Crippen LogP contribution in [0.3, 0.4) is 0 Å². The molecule has 0 spiro atoms. The maximum atomic E-state index is 3.46. The summed E-state index contributed by atoms with van der Waals surface area (Å²) in [6, 6.07) is 3.44. The number of rotatable bonds is 5. The van der Waals surface area contributed by atoms with Crippen LogP contribution in [0.1, 0.15) is 45.2 Å². The van der Waals surface area contributed by atoms with Gasteiger partial charge in [0.05, 0.1) is 0 Å². The van der Waals surface area contributed by atoms with Crippen LogP contribution in [-0.2, 0) is 0 Å². The van der Waals surface area contributed by atoms with E-state index in [1.807, 2.05) is 0 Å². The summed E-state index contributed by atoms with van der Waals surface area (Å²) in [6.45, 7) is 10.6. The van der Waals surface area contributed by atoms with E-state index in [9.17, 15) is 0 Å². The molecule has 1 fully saturated rings. The molecule has 0 aromatic carbocycles. The lowest BCUT2D eigenvalue weighted by Gasteiger charge is -2.36. The van der Waals surface area contributed by atoms with Crippen molar-refractivity contribution in [2.24, 2.45) is 5.92 Å². The highest BCUT2D eigenvalue weighted by Gasteiger charge is 2.23. The molecule has 1 aliphatic heterocycles. The predicted octanol–water partition coefficient (Wildman–Crippen LogP) is 3.52. The van der Waals surface area contributed by atoms with E-state index >= 15 is 0 Å². The summed E-state index contributed by atoms with van der Waals surface area (Å²) in [5, 5.41) is 7.94. The molecule has 0 aliphatic carbocycles. The normalized spacial score (nSPS) is 19.6. The van der Waals surface area contributed by atoms with Gasteiger partial charge in [-0.15, -0.1) is 0 Å². The Bertz CT molecular complexity index is 328. The molecule has 2 rings (SSSR count). The number of nitrogens with one attached hydrogen (secondary N) is 1. The largest absolute Gasteiger partial charge is 0.317 e. The van der Waals surface area contributed by atoms with Crippen LogP contribution in [0.4, 0.5) is 0 Å². The van der Waals surface area contributed by atoms with Gasteiger partial charge in [-0.25, -0.2) is 0 Å². The van der Waals surface area contributed by atoms with E-state index in [-0.39, 0.29) is 0 Å². The Morgan fingerprint density at radius 1 is 1.33 bits per heavy atom. The molecule has 1 saturated heterocycles. The molecule has 1 N–H and O–H groups in total. The van der Waals surface area contributed by atoms with Crippen LogP contribution in [0.5, 0.6) is 0 Å². The van der Waals surface area contributed by atoms with Gasteiger partial charge in [0, 0.05) is 18.6 Å². The topological polar surface area (TPSA) is 15.3 Å². The average molecular weight is 266 g/mol.